The van der Waals surface area contributed by atoms with E-state index in [0.717, 1.165) is 43.1 Å². The third-order valence-electron chi connectivity index (χ3n) is 3.95. The first-order valence-corrected chi connectivity index (χ1v) is 7.49. The summed E-state index contributed by atoms with van der Waals surface area (Å²) in [5.41, 5.74) is 7.50. The Morgan fingerprint density at radius 1 is 1.00 bits per heavy atom. The molecule has 0 aromatic heterocycles. The number of benzene rings is 2. The summed E-state index contributed by atoms with van der Waals surface area (Å²) < 4.78 is 11.3. The van der Waals surface area contributed by atoms with E-state index in [0.29, 0.717) is 5.92 Å². The van der Waals surface area contributed by atoms with Crippen molar-refractivity contribution in [3.63, 3.8) is 0 Å². The molecule has 2 aromatic rings. The second-order valence-electron chi connectivity index (χ2n) is 5.49. The third-order valence-corrected chi connectivity index (χ3v) is 3.95. The Morgan fingerprint density at radius 2 is 1.71 bits per heavy atom. The van der Waals surface area contributed by atoms with Crippen LogP contribution in [0.3, 0.4) is 0 Å². The maximum absolute atomic E-state index is 6.35. The van der Waals surface area contributed by atoms with Crippen LogP contribution in [0.4, 0.5) is 0 Å². The molecule has 3 rings (SSSR count). The SMILES string of the molecule is NC(c1ccc(Oc2ccccc2)cc1)C1CCCOC1. The lowest BCUT2D eigenvalue weighted by Gasteiger charge is -2.27. The molecule has 1 fully saturated rings. The van der Waals surface area contributed by atoms with Gasteiger partial charge in [-0.25, -0.2) is 0 Å². The van der Waals surface area contributed by atoms with E-state index in [1.165, 1.54) is 0 Å². The zero-order chi connectivity index (χ0) is 14.5. The normalized spacial score (nSPS) is 20.0. The van der Waals surface area contributed by atoms with Gasteiger partial charge < -0.3 is 15.2 Å². The molecule has 3 heteroatoms. The van der Waals surface area contributed by atoms with Gasteiger partial charge in [0.05, 0.1) is 6.61 Å². The fourth-order valence-electron chi connectivity index (χ4n) is 2.70. The Bertz CT molecular complexity index is 547. The summed E-state index contributed by atoms with van der Waals surface area (Å²) in [6.07, 6.45) is 2.25. The Balaban J connectivity index is 1.66. The summed E-state index contributed by atoms with van der Waals surface area (Å²) in [6.45, 7) is 1.64. The minimum Gasteiger partial charge on any atom is -0.457 e. The largest absolute Gasteiger partial charge is 0.457 e. The van der Waals surface area contributed by atoms with Gasteiger partial charge in [0.15, 0.2) is 0 Å². The first-order valence-electron chi connectivity index (χ1n) is 7.49. The van der Waals surface area contributed by atoms with Crippen molar-refractivity contribution in [2.45, 2.75) is 18.9 Å². The van der Waals surface area contributed by atoms with Gasteiger partial charge >= 0.3 is 0 Å². The fourth-order valence-corrected chi connectivity index (χ4v) is 2.70. The van der Waals surface area contributed by atoms with E-state index in [9.17, 15) is 0 Å². The van der Waals surface area contributed by atoms with Gasteiger partial charge in [0.1, 0.15) is 11.5 Å². The van der Waals surface area contributed by atoms with Crippen molar-refractivity contribution in [1.29, 1.82) is 0 Å². The summed E-state index contributed by atoms with van der Waals surface area (Å²) in [5, 5.41) is 0. The highest BCUT2D eigenvalue weighted by Crippen LogP contribution is 2.29. The fraction of sp³-hybridized carbons (Fsp3) is 0.333. The third kappa shape index (κ3) is 3.63. The topological polar surface area (TPSA) is 44.5 Å². The van der Waals surface area contributed by atoms with Crippen LogP contribution in [0.2, 0.25) is 0 Å². The average Bonchev–Trinajstić information content (AvgIpc) is 2.57. The molecule has 0 saturated carbocycles. The van der Waals surface area contributed by atoms with Crippen molar-refractivity contribution in [3.05, 3.63) is 60.2 Å². The van der Waals surface area contributed by atoms with Crippen molar-refractivity contribution in [3.8, 4) is 11.5 Å². The van der Waals surface area contributed by atoms with E-state index in [1.807, 2.05) is 42.5 Å². The number of ether oxygens (including phenoxy) is 2. The highest BCUT2D eigenvalue weighted by Gasteiger charge is 2.22. The standard InChI is InChI=1S/C18H21NO2/c19-18(15-5-4-12-20-13-15)14-8-10-17(11-9-14)21-16-6-2-1-3-7-16/h1-3,6-11,15,18H,4-5,12-13,19H2. The molecule has 2 aromatic carbocycles. The number of hydrogen-bond acceptors (Lipinski definition) is 3. The molecule has 0 aliphatic carbocycles. The van der Waals surface area contributed by atoms with Crippen molar-refractivity contribution in [2.75, 3.05) is 13.2 Å². The first kappa shape index (κ1) is 14.1. The molecule has 2 N–H and O–H groups in total. The zero-order valence-corrected chi connectivity index (χ0v) is 12.1. The monoisotopic (exact) mass is 283 g/mol. The number of para-hydroxylation sites is 1. The van der Waals surface area contributed by atoms with Gasteiger partial charge in [-0.2, -0.15) is 0 Å². The van der Waals surface area contributed by atoms with Crippen LogP contribution in [0.15, 0.2) is 54.6 Å². The van der Waals surface area contributed by atoms with E-state index in [4.69, 9.17) is 15.2 Å². The lowest BCUT2D eigenvalue weighted by molar-refractivity contribution is 0.0447. The van der Waals surface area contributed by atoms with Crippen LogP contribution >= 0.6 is 0 Å². The van der Waals surface area contributed by atoms with E-state index < -0.39 is 0 Å². The lowest BCUT2D eigenvalue weighted by Crippen LogP contribution is -2.28. The van der Waals surface area contributed by atoms with Gasteiger partial charge in [-0.3, -0.25) is 0 Å². The summed E-state index contributed by atoms with van der Waals surface area (Å²) in [5.74, 6) is 2.09. The predicted molar refractivity (Wildman–Crippen MR) is 83.4 cm³/mol. The molecule has 0 bridgehead atoms. The smallest absolute Gasteiger partial charge is 0.127 e. The van der Waals surface area contributed by atoms with E-state index in [2.05, 4.69) is 12.1 Å². The number of hydrogen-bond donors (Lipinski definition) is 1. The lowest BCUT2D eigenvalue weighted by atomic mass is 9.89. The minimum absolute atomic E-state index is 0.0380. The van der Waals surface area contributed by atoms with E-state index in [-0.39, 0.29) is 6.04 Å². The maximum Gasteiger partial charge on any atom is 0.127 e. The van der Waals surface area contributed by atoms with Gasteiger partial charge in [-0.15, -0.1) is 0 Å². The molecule has 1 aliphatic heterocycles. The second-order valence-corrected chi connectivity index (χ2v) is 5.49. The number of rotatable bonds is 4. The van der Waals surface area contributed by atoms with Gasteiger partial charge in [0, 0.05) is 18.6 Å². The van der Waals surface area contributed by atoms with Crippen LogP contribution in [-0.4, -0.2) is 13.2 Å². The van der Waals surface area contributed by atoms with Crippen LogP contribution in [0, 0.1) is 5.92 Å². The summed E-state index contributed by atoms with van der Waals surface area (Å²) >= 11 is 0. The molecule has 1 saturated heterocycles. The molecular weight excluding hydrogens is 262 g/mol. The molecule has 2 atom stereocenters. The van der Waals surface area contributed by atoms with Crippen LogP contribution in [0.1, 0.15) is 24.4 Å². The molecule has 1 heterocycles. The van der Waals surface area contributed by atoms with Crippen molar-refractivity contribution in [2.24, 2.45) is 11.7 Å². The molecule has 21 heavy (non-hydrogen) atoms. The Labute approximate surface area is 125 Å². The quantitative estimate of drug-likeness (QED) is 0.925. The highest BCUT2D eigenvalue weighted by molar-refractivity contribution is 5.34. The van der Waals surface area contributed by atoms with Crippen LogP contribution in [0.5, 0.6) is 11.5 Å². The molecule has 0 amide bonds. The molecule has 2 unspecified atom stereocenters. The van der Waals surface area contributed by atoms with Crippen LogP contribution in [-0.2, 0) is 4.74 Å². The molecule has 0 spiro atoms. The van der Waals surface area contributed by atoms with Crippen LogP contribution in [0.25, 0.3) is 0 Å². The molecule has 110 valence electrons. The van der Waals surface area contributed by atoms with E-state index >= 15 is 0 Å². The van der Waals surface area contributed by atoms with Crippen molar-refractivity contribution < 1.29 is 9.47 Å². The van der Waals surface area contributed by atoms with Gasteiger partial charge in [-0.1, -0.05) is 30.3 Å². The summed E-state index contributed by atoms with van der Waals surface area (Å²) in [6, 6.07) is 17.9. The Morgan fingerprint density at radius 3 is 2.38 bits per heavy atom. The van der Waals surface area contributed by atoms with Crippen molar-refractivity contribution >= 4 is 0 Å². The first-order chi connectivity index (χ1) is 10.3. The van der Waals surface area contributed by atoms with Gasteiger partial charge in [0.2, 0.25) is 0 Å². The molecule has 0 radical (unpaired) electrons. The molecular formula is C18H21NO2. The minimum atomic E-state index is 0.0380. The highest BCUT2D eigenvalue weighted by atomic mass is 16.5. The predicted octanol–water partition coefficient (Wildman–Crippen LogP) is 3.91. The van der Waals surface area contributed by atoms with E-state index in [1.54, 1.807) is 0 Å². The maximum atomic E-state index is 6.35. The summed E-state index contributed by atoms with van der Waals surface area (Å²) in [7, 11) is 0. The van der Waals surface area contributed by atoms with Crippen LogP contribution < -0.4 is 10.5 Å². The summed E-state index contributed by atoms with van der Waals surface area (Å²) in [4.78, 5) is 0. The van der Waals surface area contributed by atoms with Crippen molar-refractivity contribution in [1.82, 2.24) is 0 Å². The average molecular weight is 283 g/mol. The van der Waals surface area contributed by atoms with Gasteiger partial charge in [-0.05, 0) is 42.7 Å². The van der Waals surface area contributed by atoms with Gasteiger partial charge in [0.25, 0.3) is 0 Å². The number of nitrogens with two attached hydrogens (primary N) is 1. The Hall–Kier alpha value is -1.84. The Kier molecular flexibility index (Phi) is 4.53. The zero-order valence-electron chi connectivity index (χ0n) is 12.1. The molecule has 3 nitrogen and oxygen atoms in total. The second kappa shape index (κ2) is 6.74. The molecule has 1 aliphatic rings.